The second-order valence-corrected chi connectivity index (χ2v) is 5.09. The Morgan fingerprint density at radius 3 is 2.94 bits per heavy atom. The summed E-state index contributed by atoms with van der Waals surface area (Å²) in [6, 6.07) is 2.27. The number of nitrogens with two attached hydrogens (primary N) is 1. The van der Waals surface area contributed by atoms with Gasteiger partial charge in [-0.25, -0.2) is 0 Å². The Morgan fingerprint density at radius 2 is 2.38 bits per heavy atom. The van der Waals surface area contributed by atoms with E-state index in [1.807, 2.05) is 17.9 Å². The molecule has 2 rings (SSSR count). The van der Waals surface area contributed by atoms with Crippen molar-refractivity contribution in [2.45, 2.75) is 38.6 Å². The molecule has 0 aromatic carbocycles. The molecule has 1 fully saturated rings. The van der Waals surface area contributed by atoms with Crippen LogP contribution < -0.4 is 11.3 Å². The van der Waals surface area contributed by atoms with Crippen LogP contribution in [0.25, 0.3) is 0 Å². The van der Waals surface area contributed by atoms with E-state index >= 15 is 0 Å². The monoisotopic (exact) mass is 222 g/mol. The van der Waals surface area contributed by atoms with Crippen molar-refractivity contribution in [1.29, 1.82) is 0 Å². The first-order chi connectivity index (χ1) is 7.70. The number of rotatable bonds is 3. The molecule has 90 valence electrons. The van der Waals surface area contributed by atoms with Crippen molar-refractivity contribution in [2.24, 2.45) is 24.7 Å². The topological polar surface area (TPSA) is 55.9 Å². The van der Waals surface area contributed by atoms with Gasteiger partial charge in [-0.1, -0.05) is 19.8 Å². The summed E-state index contributed by atoms with van der Waals surface area (Å²) in [4.78, 5) is 0. The molecule has 3 atom stereocenters. The number of hydrogen-bond acceptors (Lipinski definition) is 3. The zero-order valence-electron chi connectivity index (χ0n) is 10.2. The van der Waals surface area contributed by atoms with Gasteiger partial charge in [-0.05, 0) is 30.7 Å². The molecule has 16 heavy (non-hydrogen) atoms. The molecule has 0 bridgehead atoms. The van der Waals surface area contributed by atoms with Gasteiger partial charge in [-0.15, -0.1) is 0 Å². The van der Waals surface area contributed by atoms with E-state index in [-0.39, 0.29) is 6.04 Å². The van der Waals surface area contributed by atoms with Gasteiger partial charge in [0.2, 0.25) is 0 Å². The molecule has 1 aromatic rings. The number of hydrazine groups is 1. The summed E-state index contributed by atoms with van der Waals surface area (Å²) in [5.74, 6) is 7.14. The molecule has 1 heterocycles. The maximum Gasteiger partial charge on any atom is 0.0810 e. The largest absolute Gasteiger partial charge is 0.275 e. The molecule has 3 unspecified atom stereocenters. The highest BCUT2D eigenvalue weighted by molar-refractivity contribution is 5.07. The number of nitrogens with zero attached hydrogens (tertiary/aromatic N) is 2. The third kappa shape index (κ3) is 2.44. The van der Waals surface area contributed by atoms with Crippen LogP contribution in [0.3, 0.4) is 0 Å². The summed E-state index contributed by atoms with van der Waals surface area (Å²) in [5.41, 5.74) is 4.02. The van der Waals surface area contributed by atoms with Crippen LogP contribution in [0.4, 0.5) is 0 Å². The van der Waals surface area contributed by atoms with Crippen molar-refractivity contribution in [2.75, 3.05) is 0 Å². The van der Waals surface area contributed by atoms with Crippen LogP contribution in [-0.4, -0.2) is 9.78 Å². The standard InChI is InChI=1S/C12H22N4/c1-9-4-3-5-10(8-9)12(14-13)11-6-7-16(2)15-11/h6-7,9-10,12,14H,3-5,8,13H2,1-2H3. The highest BCUT2D eigenvalue weighted by atomic mass is 15.3. The maximum absolute atomic E-state index is 5.69. The number of aromatic nitrogens is 2. The fourth-order valence-electron chi connectivity index (χ4n) is 2.85. The van der Waals surface area contributed by atoms with Crippen LogP contribution >= 0.6 is 0 Å². The average Bonchev–Trinajstić information content (AvgIpc) is 2.66. The highest BCUT2D eigenvalue weighted by Crippen LogP contribution is 2.36. The van der Waals surface area contributed by atoms with Gasteiger partial charge in [-0.3, -0.25) is 16.0 Å². The second-order valence-electron chi connectivity index (χ2n) is 5.09. The first-order valence-corrected chi connectivity index (χ1v) is 6.16. The number of aryl methyl sites for hydroxylation is 1. The van der Waals surface area contributed by atoms with Crippen molar-refractivity contribution in [1.82, 2.24) is 15.2 Å². The molecule has 1 aromatic heterocycles. The fourth-order valence-corrected chi connectivity index (χ4v) is 2.85. The van der Waals surface area contributed by atoms with E-state index in [1.165, 1.54) is 25.7 Å². The maximum atomic E-state index is 5.69. The highest BCUT2D eigenvalue weighted by Gasteiger charge is 2.28. The predicted molar refractivity (Wildman–Crippen MR) is 64.4 cm³/mol. The van der Waals surface area contributed by atoms with Gasteiger partial charge < -0.3 is 0 Å². The van der Waals surface area contributed by atoms with Crippen LogP contribution in [0, 0.1) is 11.8 Å². The summed E-state index contributed by atoms with van der Waals surface area (Å²) < 4.78 is 1.84. The zero-order valence-corrected chi connectivity index (χ0v) is 10.2. The zero-order chi connectivity index (χ0) is 11.5. The lowest BCUT2D eigenvalue weighted by molar-refractivity contribution is 0.221. The summed E-state index contributed by atoms with van der Waals surface area (Å²) in [6.07, 6.45) is 7.17. The Kier molecular flexibility index (Phi) is 3.61. The van der Waals surface area contributed by atoms with E-state index in [9.17, 15) is 0 Å². The lowest BCUT2D eigenvalue weighted by Crippen LogP contribution is -2.36. The molecule has 0 spiro atoms. The van der Waals surface area contributed by atoms with Gasteiger partial charge in [0.1, 0.15) is 0 Å². The SMILES string of the molecule is CC1CCCC(C(NN)c2ccn(C)n2)C1. The van der Waals surface area contributed by atoms with Crippen LogP contribution in [0.15, 0.2) is 12.3 Å². The Hall–Kier alpha value is -0.870. The third-order valence-corrected chi connectivity index (χ3v) is 3.68. The van der Waals surface area contributed by atoms with Crippen molar-refractivity contribution >= 4 is 0 Å². The third-order valence-electron chi connectivity index (χ3n) is 3.68. The van der Waals surface area contributed by atoms with Crippen LogP contribution in [0.5, 0.6) is 0 Å². The Balaban J connectivity index is 2.09. The summed E-state index contributed by atoms with van der Waals surface area (Å²) >= 11 is 0. The lowest BCUT2D eigenvalue weighted by atomic mass is 9.78. The molecular weight excluding hydrogens is 200 g/mol. The molecular formula is C12H22N4. The molecule has 0 radical (unpaired) electrons. The van der Waals surface area contributed by atoms with Gasteiger partial charge in [0.15, 0.2) is 0 Å². The van der Waals surface area contributed by atoms with Gasteiger partial charge in [-0.2, -0.15) is 5.10 Å². The first-order valence-electron chi connectivity index (χ1n) is 6.16. The summed E-state index contributed by atoms with van der Waals surface area (Å²) in [5, 5.41) is 4.46. The van der Waals surface area contributed by atoms with Crippen LogP contribution in [0.2, 0.25) is 0 Å². The molecule has 1 aliphatic carbocycles. The minimum absolute atomic E-state index is 0.212. The van der Waals surface area contributed by atoms with Crippen LogP contribution in [-0.2, 0) is 7.05 Å². The first kappa shape index (κ1) is 11.6. The Bertz CT molecular complexity index is 334. The van der Waals surface area contributed by atoms with E-state index in [4.69, 9.17) is 5.84 Å². The fraction of sp³-hybridized carbons (Fsp3) is 0.750. The Labute approximate surface area is 97.2 Å². The molecule has 1 aliphatic rings. The molecule has 0 amide bonds. The normalized spacial score (nSPS) is 27.9. The molecule has 4 nitrogen and oxygen atoms in total. The van der Waals surface area contributed by atoms with Crippen molar-refractivity contribution in [3.8, 4) is 0 Å². The molecule has 0 aliphatic heterocycles. The smallest absolute Gasteiger partial charge is 0.0810 e. The van der Waals surface area contributed by atoms with Crippen molar-refractivity contribution < 1.29 is 0 Å². The van der Waals surface area contributed by atoms with Crippen molar-refractivity contribution in [3.63, 3.8) is 0 Å². The molecule has 1 saturated carbocycles. The van der Waals surface area contributed by atoms with E-state index in [0.717, 1.165) is 11.6 Å². The number of hydrogen-bond donors (Lipinski definition) is 2. The average molecular weight is 222 g/mol. The minimum atomic E-state index is 0.212. The van der Waals surface area contributed by atoms with E-state index in [2.05, 4.69) is 23.5 Å². The summed E-state index contributed by atoms with van der Waals surface area (Å²) in [7, 11) is 1.95. The predicted octanol–water partition coefficient (Wildman–Crippen LogP) is 1.75. The lowest BCUT2D eigenvalue weighted by Gasteiger charge is -2.32. The Morgan fingerprint density at radius 1 is 1.56 bits per heavy atom. The van der Waals surface area contributed by atoms with E-state index in [0.29, 0.717) is 5.92 Å². The van der Waals surface area contributed by atoms with E-state index in [1.54, 1.807) is 0 Å². The minimum Gasteiger partial charge on any atom is -0.275 e. The summed E-state index contributed by atoms with van der Waals surface area (Å²) in [6.45, 7) is 2.33. The van der Waals surface area contributed by atoms with Gasteiger partial charge in [0, 0.05) is 13.2 Å². The molecule has 3 N–H and O–H groups in total. The number of nitrogens with one attached hydrogen (secondary N) is 1. The van der Waals surface area contributed by atoms with Gasteiger partial charge in [0.25, 0.3) is 0 Å². The van der Waals surface area contributed by atoms with Gasteiger partial charge in [0.05, 0.1) is 11.7 Å². The molecule has 4 heteroatoms. The second kappa shape index (κ2) is 4.97. The van der Waals surface area contributed by atoms with Crippen LogP contribution in [0.1, 0.15) is 44.3 Å². The van der Waals surface area contributed by atoms with Crippen molar-refractivity contribution in [3.05, 3.63) is 18.0 Å². The van der Waals surface area contributed by atoms with E-state index < -0.39 is 0 Å². The van der Waals surface area contributed by atoms with Gasteiger partial charge >= 0.3 is 0 Å². The quantitative estimate of drug-likeness (QED) is 0.605. The molecule has 0 saturated heterocycles.